The van der Waals surface area contributed by atoms with Crippen LogP contribution >= 0.6 is 0 Å². The molecule has 4 nitrogen and oxygen atoms in total. The summed E-state index contributed by atoms with van der Waals surface area (Å²) in [5.74, 6) is -0.370. The van der Waals surface area contributed by atoms with Gasteiger partial charge in [0.15, 0.2) is 0 Å². The van der Waals surface area contributed by atoms with Crippen molar-refractivity contribution in [3.8, 4) is 0 Å². The van der Waals surface area contributed by atoms with E-state index in [1.54, 1.807) is 18.2 Å². The van der Waals surface area contributed by atoms with E-state index >= 15 is 0 Å². The van der Waals surface area contributed by atoms with Gasteiger partial charge < -0.3 is 10.6 Å². The molecule has 0 unspecified atom stereocenters. The van der Waals surface area contributed by atoms with Crippen LogP contribution in [0.1, 0.15) is 29.4 Å². The first-order chi connectivity index (χ1) is 10.1. The number of carbonyl (C=O) groups is 1. The molecule has 0 radical (unpaired) electrons. The molecule has 1 heterocycles. The Bertz CT molecular complexity index is 643. The van der Waals surface area contributed by atoms with Crippen LogP contribution in [-0.4, -0.2) is 17.4 Å². The molecule has 0 saturated heterocycles. The normalized spacial score (nSPS) is 10.2. The number of aryl methyl sites for hydroxylation is 1. The van der Waals surface area contributed by atoms with E-state index < -0.39 is 5.82 Å². The first-order valence-electron chi connectivity index (χ1n) is 6.89. The maximum absolute atomic E-state index is 13.9. The zero-order valence-electron chi connectivity index (χ0n) is 12.1. The van der Waals surface area contributed by atoms with E-state index in [0.29, 0.717) is 12.4 Å². The lowest BCUT2D eigenvalue weighted by atomic mass is 10.1. The number of anilines is 2. The van der Waals surface area contributed by atoms with Crippen molar-refractivity contribution in [1.82, 2.24) is 4.98 Å². The molecule has 0 bridgehead atoms. The Morgan fingerprint density at radius 3 is 2.71 bits per heavy atom. The average Bonchev–Trinajstić information content (AvgIpc) is 2.45. The first kappa shape index (κ1) is 15.0. The third-order valence-electron chi connectivity index (χ3n) is 2.94. The minimum Gasteiger partial charge on any atom is -0.382 e. The number of para-hydroxylation sites is 1. The van der Waals surface area contributed by atoms with E-state index in [1.165, 1.54) is 12.1 Å². The van der Waals surface area contributed by atoms with Gasteiger partial charge in [0.25, 0.3) is 5.91 Å². The summed E-state index contributed by atoms with van der Waals surface area (Å²) in [5, 5.41) is 5.64. The second kappa shape index (κ2) is 6.83. The Kier molecular flexibility index (Phi) is 4.87. The van der Waals surface area contributed by atoms with Gasteiger partial charge in [0.2, 0.25) is 0 Å². The molecule has 1 aromatic heterocycles. The second-order valence-electron chi connectivity index (χ2n) is 4.71. The average molecular weight is 287 g/mol. The van der Waals surface area contributed by atoms with Crippen LogP contribution < -0.4 is 10.6 Å². The minimum atomic E-state index is -0.437. The number of nitrogens with zero attached hydrogens (tertiary/aromatic N) is 1. The van der Waals surface area contributed by atoms with E-state index in [1.807, 2.05) is 19.9 Å². The highest BCUT2D eigenvalue weighted by Crippen LogP contribution is 2.21. The summed E-state index contributed by atoms with van der Waals surface area (Å²) in [6.07, 6.45) is 0.842. The molecular formula is C16H18FN3O. The number of hydrogen-bond acceptors (Lipinski definition) is 3. The summed E-state index contributed by atoms with van der Waals surface area (Å²) in [6, 6.07) is 9.78. The van der Waals surface area contributed by atoms with Crippen LogP contribution in [0.15, 0.2) is 36.4 Å². The largest absolute Gasteiger partial charge is 0.382 e. The lowest BCUT2D eigenvalue weighted by Gasteiger charge is -2.12. The molecule has 1 amide bonds. The molecule has 21 heavy (non-hydrogen) atoms. The van der Waals surface area contributed by atoms with Gasteiger partial charge in [0, 0.05) is 12.2 Å². The van der Waals surface area contributed by atoms with E-state index in [9.17, 15) is 9.18 Å². The molecule has 0 aliphatic rings. The highest BCUT2D eigenvalue weighted by Gasteiger charge is 2.15. The molecule has 0 spiro atoms. The van der Waals surface area contributed by atoms with Crippen LogP contribution in [0.25, 0.3) is 0 Å². The van der Waals surface area contributed by atoms with Gasteiger partial charge >= 0.3 is 0 Å². The van der Waals surface area contributed by atoms with Crippen molar-refractivity contribution in [3.63, 3.8) is 0 Å². The third kappa shape index (κ3) is 3.78. The number of benzene rings is 1. The predicted octanol–water partition coefficient (Wildman–Crippen LogP) is 3.60. The Morgan fingerprint density at radius 2 is 2.00 bits per heavy atom. The van der Waals surface area contributed by atoms with Gasteiger partial charge in [-0.15, -0.1) is 0 Å². The van der Waals surface area contributed by atoms with Gasteiger partial charge in [-0.25, -0.2) is 9.37 Å². The standard InChI is InChI=1S/C16H18FN3O/c1-3-10-18-15-12(7-5-8-13(15)17)16(21)20-14-9-4-6-11(2)19-14/h4-9,18H,3,10H2,1-2H3,(H,19,20,21). The molecule has 0 aliphatic carbocycles. The number of carbonyl (C=O) groups excluding carboxylic acids is 1. The smallest absolute Gasteiger partial charge is 0.259 e. The van der Waals surface area contributed by atoms with Crippen LogP contribution in [0.4, 0.5) is 15.9 Å². The third-order valence-corrected chi connectivity index (χ3v) is 2.94. The quantitative estimate of drug-likeness (QED) is 0.883. The number of aromatic nitrogens is 1. The van der Waals surface area contributed by atoms with Crippen LogP contribution in [0, 0.1) is 12.7 Å². The molecule has 110 valence electrons. The van der Waals surface area contributed by atoms with Crippen LogP contribution in [0.3, 0.4) is 0 Å². The summed E-state index contributed by atoms with van der Waals surface area (Å²) in [4.78, 5) is 16.5. The van der Waals surface area contributed by atoms with Crippen molar-refractivity contribution in [1.29, 1.82) is 0 Å². The van der Waals surface area contributed by atoms with Crippen molar-refractivity contribution in [2.45, 2.75) is 20.3 Å². The molecule has 2 rings (SSSR count). The van der Waals surface area contributed by atoms with Crippen LogP contribution in [0.2, 0.25) is 0 Å². The Labute approximate surface area is 123 Å². The van der Waals surface area contributed by atoms with Crippen molar-refractivity contribution in [3.05, 3.63) is 53.5 Å². The van der Waals surface area contributed by atoms with Gasteiger partial charge in [-0.3, -0.25) is 4.79 Å². The molecule has 2 N–H and O–H groups in total. The molecule has 0 fully saturated rings. The minimum absolute atomic E-state index is 0.226. The molecule has 0 aliphatic heterocycles. The van der Waals surface area contributed by atoms with Gasteiger partial charge in [0.1, 0.15) is 11.6 Å². The number of rotatable bonds is 5. The van der Waals surface area contributed by atoms with E-state index in [4.69, 9.17) is 0 Å². The van der Waals surface area contributed by atoms with Crippen LogP contribution in [0.5, 0.6) is 0 Å². The second-order valence-corrected chi connectivity index (χ2v) is 4.71. The lowest BCUT2D eigenvalue weighted by molar-refractivity contribution is 0.102. The Morgan fingerprint density at radius 1 is 1.24 bits per heavy atom. The van der Waals surface area contributed by atoms with E-state index in [-0.39, 0.29) is 17.2 Å². The fraction of sp³-hybridized carbons (Fsp3) is 0.250. The van der Waals surface area contributed by atoms with Gasteiger partial charge in [-0.05, 0) is 37.6 Å². The topological polar surface area (TPSA) is 54.0 Å². The van der Waals surface area contributed by atoms with Crippen molar-refractivity contribution < 1.29 is 9.18 Å². The molecule has 2 aromatic rings. The Balaban J connectivity index is 2.24. The maximum Gasteiger partial charge on any atom is 0.259 e. The number of amides is 1. The molecular weight excluding hydrogens is 269 g/mol. The van der Waals surface area contributed by atoms with E-state index in [2.05, 4.69) is 15.6 Å². The SMILES string of the molecule is CCCNc1c(F)cccc1C(=O)Nc1cccc(C)n1. The lowest BCUT2D eigenvalue weighted by Crippen LogP contribution is -2.17. The zero-order chi connectivity index (χ0) is 15.2. The van der Waals surface area contributed by atoms with Crippen LogP contribution in [-0.2, 0) is 0 Å². The molecule has 0 saturated carbocycles. The number of halogens is 1. The summed E-state index contributed by atoms with van der Waals surface area (Å²) in [5.41, 5.74) is 1.30. The van der Waals surface area contributed by atoms with E-state index in [0.717, 1.165) is 12.1 Å². The number of pyridine rings is 1. The molecule has 1 aromatic carbocycles. The monoisotopic (exact) mass is 287 g/mol. The first-order valence-corrected chi connectivity index (χ1v) is 6.89. The predicted molar refractivity (Wildman–Crippen MR) is 82.1 cm³/mol. The summed E-state index contributed by atoms with van der Waals surface area (Å²) in [7, 11) is 0. The summed E-state index contributed by atoms with van der Waals surface area (Å²) < 4.78 is 13.9. The molecule has 5 heteroatoms. The van der Waals surface area contributed by atoms with Gasteiger partial charge in [-0.1, -0.05) is 19.1 Å². The highest BCUT2D eigenvalue weighted by atomic mass is 19.1. The summed E-state index contributed by atoms with van der Waals surface area (Å²) in [6.45, 7) is 4.42. The number of hydrogen-bond donors (Lipinski definition) is 2. The summed E-state index contributed by atoms with van der Waals surface area (Å²) >= 11 is 0. The molecule has 0 atom stereocenters. The fourth-order valence-corrected chi connectivity index (χ4v) is 1.94. The maximum atomic E-state index is 13.9. The van der Waals surface area contributed by atoms with Gasteiger partial charge in [-0.2, -0.15) is 0 Å². The fourth-order valence-electron chi connectivity index (χ4n) is 1.94. The van der Waals surface area contributed by atoms with Crippen molar-refractivity contribution >= 4 is 17.4 Å². The number of nitrogens with one attached hydrogen (secondary N) is 2. The van der Waals surface area contributed by atoms with Crippen molar-refractivity contribution in [2.75, 3.05) is 17.2 Å². The van der Waals surface area contributed by atoms with Gasteiger partial charge in [0.05, 0.1) is 11.3 Å². The zero-order valence-corrected chi connectivity index (χ0v) is 12.1. The highest BCUT2D eigenvalue weighted by molar-refractivity contribution is 6.07. The van der Waals surface area contributed by atoms with Crippen molar-refractivity contribution in [2.24, 2.45) is 0 Å². The Hall–Kier alpha value is -2.43.